The number of carbonyl (C=O) groups is 2. The number of halogens is 2. The van der Waals surface area contributed by atoms with Crippen molar-refractivity contribution in [1.29, 1.82) is 0 Å². The van der Waals surface area contributed by atoms with Gasteiger partial charge in [0.2, 0.25) is 5.78 Å². The van der Waals surface area contributed by atoms with Crippen LogP contribution < -0.4 is 11.2 Å². The standard InChI is InChI=1S/C21H22F2N4O4/c1-3-14-8-9-16(28)18(29)15(10-24-14)17-20(30)27(21(31)26(2)25-17)11-12-4-6-13(7-5-12)19(22)23/h4-7,10,14-15,19H,3,8-9,11H2,1-2H3. The van der Waals surface area contributed by atoms with Gasteiger partial charge >= 0.3 is 5.69 Å². The summed E-state index contributed by atoms with van der Waals surface area (Å²) in [6, 6.07) is 5.07. The number of hydrogen-bond donors (Lipinski definition) is 0. The summed E-state index contributed by atoms with van der Waals surface area (Å²) < 4.78 is 27.3. The number of hydrogen-bond acceptors (Lipinski definition) is 6. The number of carbonyl (C=O) groups excluding carboxylic acids is 2. The number of nitrogens with zero attached hydrogens (tertiary/aromatic N) is 4. The monoisotopic (exact) mass is 432 g/mol. The molecule has 0 N–H and O–H groups in total. The van der Waals surface area contributed by atoms with Gasteiger partial charge in [0.25, 0.3) is 12.0 Å². The Kier molecular flexibility index (Phi) is 6.67. The molecule has 31 heavy (non-hydrogen) atoms. The Morgan fingerprint density at radius 2 is 1.81 bits per heavy atom. The van der Waals surface area contributed by atoms with Gasteiger partial charge in [-0.1, -0.05) is 31.2 Å². The summed E-state index contributed by atoms with van der Waals surface area (Å²) in [5.41, 5.74) is -1.57. The molecule has 1 aromatic heterocycles. The smallest absolute Gasteiger partial charge is 0.293 e. The van der Waals surface area contributed by atoms with E-state index in [1.54, 1.807) is 0 Å². The zero-order chi connectivity index (χ0) is 22.7. The number of aryl methyl sites for hydroxylation is 1. The first-order chi connectivity index (χ1) is 14.7. The summed E-state index contributed by atoms with van der Waals surface area (Å²) in [4.78, 5) is 54.8. The molecule has 2 aromatic rings. The van der Waals surface area contributed by atoms with Crippen molar-refractivity contribution < 1.29 is 18.4 Å². The van der Waals surface area contributed by atoms with E-state index in [4.69, 9.17) is 0 Å². The third kappa shape index (κ3) is 4.73. The van der Waals surface area contributed by atoms with Crippen molar-refractivity contribution in [1.82, 2.24) is 14.3 Å². The summed E-state index contributed by atoms with van der Waals surface area (Å²) in [6.07, 6.45) is -0.217. The minimum absolute atomic E-state index is 0.0294. The molecular formula is C21H22F2N4O4. The first-order valence-electron chi connectivity index (χ1n) is 9.88. The fraction of sp³-hybridized carbons (Fsp3) is 0.429. The van der Waals surface area contributed by atoms with Crippen molar-refractivity contribution in [3.63, 3.8) is 0 Å². The van der Waals surface area contributed by atoms with Crippen molar-refractivity contribution in [2.45, 2.75) is 51.1 Å². The second-order valence-electron chi connectivity index (χ2n) is 7.39. The fourth-order valence-corrected chi connectivity index (χ4v) is 3.38. The van der Waals surface area contributed by atoms with Crippen molar-refractivity contribution in [3.8, 4) is 0 Å². The van der Waals surface area contributed by atoms with Crippen molar-refractivity contribution in [3.05, 3.63) is 61.9 Å². The molecule has 8 nitrogen and oxygen atoms in total. The van der Waals surface area contributed by atoms with Gasteiger partial charge in [-0.05, 0) is 18.4 Å². The van der Waals surface area contributed by atoms with Gasteiger partial charge in [-0.3, -0.25) is 23.9 Å². The van der Waals surface area contributed by atoms with E-state index in [0.717, 1.165) is 9.25 Å². The first-order valence-corrected chi connectivity index (χ1v) is 9.88. The van der Waals surface area contributed by atoms with Gasteiger partial charge in [-0.2, -0.15) is 5.10 Å². The first kappa shape index (κ1) is 22.4. The van der Waals surface area contributed by atoms with Crippen LogP contribution in [0.25, 0.3) is 0 Å². The van der Waals surface area contributed by atoms with Gasteiger partial charge in [0.1, 0.15) is 11.6 Å². The van der Waals surface area contributed by atoms with E-state index in [9.17, 15) is 28.0 Å². The summed E-state index contributed by atoms with van der Waals surface area (Å²) in [7, 11) is 1.32. The number of Topliss-reactive ketones (excluding diaryl/α,β-unsaturated/α-hetero) is 2. The number of aliphatic imine (C=N–C) groups is 1. The van der Waals surface area contributed by atoms with E-state index in [-0.39, 0.29) is 30.3 Å². The molecule has 1 aliphatic rings. The molecule has 2 unspecified atom stereocenters. The normalized spacial score (nSPS) is 19.5. The number of ketones is 2. The number of benzene rings is 1. The Hall–Kier alpha value is -3.30. The van der Waals surface area contributed by atoms with E-state index in [1.165, 1.54) is 37.5 Å². The lowest BCUT2D eigenvalue weighted by Crippen LogP contribution is -2.45. The largest absolute Gasteiger partial charge is 0.347 e. The van der Waals surface area contributed by atoms with Gasteiger partial charge in [0, 0.05) is 31.3 Å². The molecule has 0 aliphatic carbocycles. The third-order valence-electron chi connectivity index (χ3n) is 5.28. The average molecular weight is 432 g/mol. The minimum atomic E-state index is -2.63. The van der Waals surface area contributed by atoms with Crippen LogP contribution in [0.3, 0.4) is 0 Å². The quantitative estimate of drug-likeness (QED) is 0.670. The lowest BCUT2D eigenvalue weighted by atomic mass is 9.93. The average Bonchev–Trinajstić information content (AvgIpc) is 2.75. The molecule has 0 fully saturated rings. The maximum Gasteiger partial charge on any atom is 0.347 e. The van der Waals surface area contributed by atoms with Crippen LogP contribution in [0.4, 0.5) is 8.78 Å². The van der Waals surface area contributed by atoms with Crippen LogP contribution in [0.2, 0.25) is 0 Å². The minimum Gasteiger partial charge on any atom is -0.293 e. The Morgan fingerprint density at radius 1 is 1.13 bits per heavy atom. The number of alkyl halides is 2. The lowest BCUT2D eigenvalue weighted by molar-refractivity contribution is -0.136. The molecule has 10 heteroatoms. The highest BCUT2D eigenvalue weighted by atomic mass is 19.3. The van der Waals surface area contributed by atoms with Gasteiger partial charge in [-0.25, -0.2) is 18.3 Å². The Bertz CT molecular complexity index is 1140. The second-order valence-corrected chi connectivity index (χ2v) is 7.39. The zero-order valence-corrected chi connectivity index (χ0v) is 17.1. The maximum atomic E-state index is 13.1. The topological polar surface area (TPSA) is 103 Å². The predicted octanol–water partition coefficient (Wildman–Crippen LogP) is 1.79. The third-order valence-corrected chi connectivity index (χ3v) is 5.28. The summed E-state index contributed by atoms with van der Waals surface area (Å²) in [5, 5.41) is 3.95. The van der Waals surface area contributed by atoms with Crippen LogP contribution in [0, 0.1) is 0 Å². The molecule has 1 aliphatic heterocycles. The fourth-order valence-electron chi connectivity index (χ4n) is 3.38. The molecule has 0 saturated carbocycles. The van der Waals surface area contributed by atoms with E-state index in [1.807, 2.05) is 6.92 Å². The molecule has 0 radical (unpaired) electrons. The van der Waals surface area contributed by atoms with Gasteiger partial charge in [0.05, 0.1) is 6.54 Å². The van der Waals surface area contributed by atoms with E-state index in [2.05, 4.69) is 10.1 Å². The highest BCUT2D eigenvalue weighted by Gasteiger charge is 2.32. The van der Waals surface area contributed by atoms with Crippen LogP contribution in [-0.2, 0) is 23.2 Å². The van der Waals surface area contributed by atoms with E-state index >= 15 is 0 Å². The number of aromatic nitrogens is 3. The lowest BCUT2D eigenvalue weighted by Gasteiger charge is -2.17. The molecular weight excluding hydrogens is 410 g/mol. The highest BCUT2D eigenvalue weighted by Crippen LogP contribution is 2.19. The van der Waals surface area contributed by atoms with Crippen LogP contribution >= 0.6 is 0 Å². The van der Waals surface area contributed by atoms with Crippen molar-refractivity contribution in [2.75, 3.05) is 0 Å². The van der Waals surface area contributed by atoms with Crippen molar-refractivity contribution in [2.24, 2.45) is 12.0 Å². The van der Waals surface area contributed by atoms with Crippen LogP contribution in [0.15, 0.2) is 38.8 Å². The van der Waals surface area contributed by atoms with Crippen LogP contribution in [-0.4, -0.2) is 38.2 Å². The molecule has 2 atom stereocenters. The SMILES string of the molecule is CCC1CCC(=O)C(=O)C(c2nn(C)c(=O)n(Cc3ccc(C(F)F)cc3)c2=O)C=N1. The molecule has 0 spiro atoms. The molecule has 0 amide bonds. The Balaban J connectivity index is 2.06. The van der Waals surface area contributed by atoms with Crippen LogP contribution in [0.5, 0.6) is 0 Å². The van der Waals surface area contributed by atoms with E-state index in [0.29, 0.717) is 18.4 Å². The molecule has 0 saturated heterocycles. The molecule has 2 heterocycles. The van der Waals surface area contributed by atoms with Gasteiger partial charge in [0.15, 0.2) is 5.78 Å². The number of rotatable bonds is 5. The van der Waals surface area contributed by atoms with Gasteiger partial charge in [-0.15, -0.1) is 0 Å². The molecule has 0 bridgehead atoms. The van der Waals surface area contributed by atoms with Crippen LogP contribution in [0.1, 0.15) is 55.4 Å². The summed E-state index contributed by atoms with van der Waals surface area (Å²) in [5.74, 6) is -2.69. The zero-order valence-electron chi connectivity index (χ0n) is 17.1. The second kappa shape index (κ2) is 9.23. The van der Waals surface area contributed by atoms with E-state index < -0.39 is 35.2 Å². The highest BCUT2D eigenvalue weighted by molar-refractivity contribution is 6.42. The maximum absolute atomic E-state index is 13.1. The molecule has 3 rings (SSSR count). The summed E-state index contributed by atoms with van der Waals surface area (Å²) >= 11 is 0. The van der Waals surface area contributed by atoms with Crippen molar-refractivity contribution >= 4 is 17.8 Å². The molecule has 164 valence electrons. The van der Waals surface area contributed by atoms with Gasteiger partial charge < -0.3 is 0 Å². The summed E-state index contributed by atoms with van der Waals surface area (Å²) in [6.45, 7) is 1.70. The predicted molar refractivity (Wildman–Crippen MR) is 109 cm³/mol. The Labute approximate surface area is 176 Å². The Morgan fingerprint density at radius 3 is 2.42 bits per heavy atom. The molecule has 1 aromatic carbocycles.